The fraction of sp³-hybridized carbons (Fsp3) is 0.500. The van der Waals surface area contributed by atoms with Crippen LogP contribution in [0.3, 0.4) is 0 Å². The summed E-state index contributed by atoms with van der Waals surface area (Å²) >= 11 is 41.6. The first kappa shape index (κ1) is 19.3. The molecule has 0 amide bonds. The van der Waals surface area contributed by atoms with E-state index >= 15 is 0 Å². The quantitative estimate of drug-likeness (QED) is 0.568. The van der Waals surface area contributed by atoms with Crippen molar-refractivity contribution in [1.29, 1.82) is 0 Å². The van der Waals surface area contributed by atoms with Crippen molar-refractivity contribution in [3.8, 4) is 0 Å². The Morgan fingerprint density at radius 3 is 1.75 bits per heavy atom. The largest absolute Gasteiger partial charge is 0.388 e. The Morgan fingerprint density at radius 1 is 0.950 bits per heavy atom. The number of hydrogen-bond acceptors (Lipinski definition) is 1. The fourth-order valence-electron chi connectivity index (χ4n) is 1.51. The van der Waals surface area contributed by atoms with E-state index in [-0.39, 0.29) is 0 Å². The highest BCUT2D eigenvalue weighted by Gasteiger charge is 2.60. The summed E-state index contributed by atoms with van der Waals surface area (Å²) in [6, 6.07) is 6.46. The first-order valence-corrected chi connectivity index (χ1v) is 8.20. The van der Waals surface area contributed by atoms with E-state index in [4.69, 9.17) is 81.2 Å². The van der Waals surface area contributed by atoms with Crippen LogP contribution < -0.4 is 0 Å². The highest BCUT2D eigenvalue weighted by Crippen LogP contribution is 2.60. The summed E-state index contributed by atoms with van der Waals surface area (Å²) in [5, 5.41) is 9.73. The summed E-state index contributed by atoms with van der Waals surface area (Å²) in [5.74, 6) is 0. The topological polar surface area (TPSA) is 20.2 Å². The van der Waals surface area contributed by atoms with E-state index in [9.17, 15) is 5.11 Å². The van der Waals surface area contributed by atoms with Crippen LogP contribution in [-0.4, -0.2) is 13.2 Å². The summed E-state index contributed by atoms with van der Waals surface area (Å²) in [7, 11) is 0. The Labute approximate surface area is 153 Å². The minimum Gasteiger partial charge on any atom is -0.388 e. The molecule has 0 aliphatic carbocycles. The number of rotatable bonds is 4. The Bertz CT molecular complexity index is 450. The Hall–Kier alpha value is 1.21. The summed E-state index contributed by atoms with van der Waals surface area (Å²) in [5.41, 5.74) is 1.06. The lowest BCUT2D eigenvalue weighted by molar-refractivity contribution is 0.173. The van der Waals surface area contributed by atoms with E-state index in [0.29, 0.717) is 17.5 Å². The smallest absolute Gasteiger partial charge is 0.226 e. The maximum atomic E-state index is 9.73. The van der Waals surface area contributed by atoms with Crippen molar-refractivity contribution in [3.63, 3.8) is 0 Å². The molecule has 0 aliphatic rings. The molecule has 1 aromatic rings. The third kappa shape index (κ3) is 3.75. The van der Waals surface area contributed by atoms with Gasteiger partial charge in [0.1, 0.15) is 0 Å². The molecule has 0 saturated heterocycles. The molecular formula is C12H11Cl7O. The molecule has 8 heteroatoms. The van der Waals surface area contributed by atoms with Crippen molar-refractivity contribution >= 4 is 81.2 Å². The molecule has 1 N–H and O–H groups in total. The van der Waals surface area contributed by atoms with Gasteiger partial charge in [-0.3, -0.25) is 0 Å². The van der Waals surface area contributed by atoms with Gasteiger partial charge in [0.05, 0.1) is 6.10 Å². The molecule has 0 fully saturated rings. The monoisotopic (exact) mass is 416 g/mol. The van der Waals surface area contributed by atoms with E-state index < -0.39 is 18.6 Å². The minimum atomic E-state index is -2.10. The fourth-order valence-corrected chi connectivity index (χ4v) is 2.98. The van der Waals surface area contributed by atoms with E-state index in [0.717, 1.165) is 0 Å². The maximum absolute atomic E-state index is 9.73. The molecule has 20 heavy (non-hydrogen) atoms. The summed E-state index contributed by atoms with van der Waals surface area (Å²) in [6.45, 7) is 1.86. The molecule has 1 unspecified atom stereocenters. The van der Waals surface area contributed by atoms with E-state index in [1.54, 1.807) is 24.3 Å². The molecule has 0 spiro atoms. The molecule has 114 valence electrons. The minimum absolute atomic E-state index is 0.351. The van der Waals surface area contributed by atoms with Crippen LogP contribution in [0.25, 0.3) is 0 Å². The van der Waals surface area contributed by atoms with Gasteiger partial charge in [-0.2, -0.15) is 0 Å². The molecule has 1 rings (SSSR count). The summed E-state index contributed by atoms with van der Waals surface area (Å²) < 4.78 is -6.02. The number of benzene rings is 1. The second kappa shape index (κ2) is 6.76. The zero-order valence-electron chi connectivity index (χ0n) is 10.2. The number of aliphatic hydroxyl groups excluding tert-OH is 1. The van der Waals surface area contributed by atoms with Crippen LogP contribution in [0.5, 0.6) is 0 Å². The van der Waals surface area contributed by atoms with Gasteiger partial charge in [0.25, 0.3) is 0 Å². The normalized spacial score (nSPS) is 15.2. The summed E-state index contributed by atoms with van der Waals surface area (Å²) in [4.78, 5) is 0. The average Bonchev–Trinajstić information content (AvgIpc) is 2.36. The molecular weight excluding hydrogens is 408 g/mol. The zero-order chi connectivity index (χ0) is 15.8. The van der Waals surface area contributed by atoms with Crippen molar-refractivity contribution in [2.24, 2.45) is 0 Å². The molecule has 1 aromatic carbocycles. The van der Waals surface area contributed by atoms with Crippen LogP contribution in [0.2, 0.25) is 0 Å². The van der Waals surface area contributed by atoms with Gasteiger partial charge in [-0.15, -0.1) is 0 Å². The molecule has 0 heterocycles. The molecule has 0 radical (unpaired) electrons. The molecule has 0 saturated carbocycles. The van der Waals surface area contributed by atoms with Crippen molar-refractivity contribution in [2.45, 2.75) is 31.9 Å². The molecule has 0 bridgehead atoms. The SMILES string of the molecule is CCC(O)c1ccc(C(Cl)(Cl)C(Cl)(Cl)C(Cl)(Cl)Cl)cc1. The molecule has 0 aliphatic heterocycles. The van der Waals surface area contributed by atoms with Crippen LogP contribution in [0, 0.1) is 0 Å². The van der Waals surface area contributed by atoms with E-state index in [1.807, 2.05) is 6.92 Å². The van der Waals surface area contributed by atoms with Crippen LogP contribution >= 0.6 is 81.2 Å². The van der Waals surface area contributed by atoms with Gasteiger partial charge in [-0.05, 0) is 17.5 Å². The number of alkyl halides is 7. The lowest BCUT2D eigenvalue weighted by Crippen LogP contribution is -2.45. The van der Waals surface area contributed by atoms with Crippen LogP contribution in [-0.2, 0) is 4.33 Å². The van der Waals surface area contributed by atoms with Gasteiger partial charge in [0, 0.05) is 0 Å². The molecule has 1 atom stereocenters. The Balaban J connectivity index is 3.17. The predicted octanol–water partition coefficient (Wildman–Crippen LogP) is 6.30. The highest BCUT2D eigenvalue weighted by atomic mass is 35.6. The van der Waals surface area contributed by atoms with Gasteiger partial charge in [0.2, 0.25) is 8.13 Å². The number of halogens is 7. The van der Waals surface area contributed by atoms with Crippen LogP contribution in [0.15, 0.2) is 24.3 Å². The lowest BCUT2D eigenvalue weighted by Gasteiger charge is -2.37. The van der Waals surface area contributed by atoms with Gasteiger partial charge in [-0.25, -0.2) is 0 Å². The van der Waals surface area contributed by atoms with Gasteiger partial charge < -0.3 is 5.11 Å². The first-order valence-electron chi connectivity index (χ1n) is 5.56. The van der Waals surface area contributed by atoms with Crippen molar-refractivity contribution in [3.05, 3.63) is 35.4 Å². The second-order valence-corrected chi connectivity index (χ2v) is 9.13. The molecule has 0 aromatic heterocycles. The van der Waals surface area contributed by atoms with E-state index in [2.05, 4.69) is 0 Å². The third-order valence-electron chi connectivity index (χ3n) is 2.80. The van der Waals surface area contributed by atoms with Crippen LogP contribution in [0.4, 0.5) is 0 Å². The lowest BCUT2D eigenvalue weighted by atomic mass is 10.0. The highest BCUT2D eigenvalue weighted by molar-refractivity contribution is 6.78. The second-order valence-electron chi connectivity index (χ2n) is 4.19. The van der Waals surface area contributed by atoms with Crippen LogP contribution in [0.1, 0.15) is 30.6 Å². The van der Waals surface area contributed by atoms with E-state index in [1.165, 1.54) is 0 Å². The van der Waals surface area contributed by atoms with Gasteiger partial charge >= 0.3 is 0 Å². The molecule has 1 nitrogen and oxygen atoms in total. The van der Waals surface area contributed by atoms with Crippen molar-refractivity contribution < 1.29 is 5.11 Å². The Morgan fingerprint density at radius 2 is 1.40 bits per heavy atom. The van der Waals surface area contributed by atoms with Crippen molar-refractivity contribution in [2.75, 3.05) is 0 Å². The van der Waals surface area contributed by atoms with Crippen molar-refractivity contribution in [1.82, 2.24) is 0 Å². The third-order valence-corrected chi connectivity index (χ3v) is 6.75. The van der Waals surface area contributed by atoms with Gasteiger partial charge in [0.15, 0.2) is 4.33 Å². The first-order chi connectivity index (χ1) is 8.95. The Kier molecular flexibility index (Phi) is 6.51. The maximum Gasteiger partial charge on any atom is 0.226 e. The number of aliphatic hydroxyl groups is 1. The predicted molar refractivity (Wildman–Crippen MR) is 89.8 cm³/mol. The number of hydrogen-bond donors (Lipinski definition) is 1. The zero-order valence-corrected chi connectivity index (χ0v) is 15.5. The summed E-state index contributed by atoms with van der Waals surface area (Å²) in [6.07, 6.45) is 0.00374. The van der Waals surface area contributed by atoms with Gasteiger partial charge in [-0.1, -0.05) is 112 Å². The average molecular weight is 419 g/mol. The standard InChI is InChI=1S/C12H11Cl7O/c1-2-9(20)7-3-5-8(6-4-7)10(13,14)11(15,16)12(17,18)19/h3-6,9,20H,2H2,1H3.